The summed E-state index contributed by atoms with van der Waals surface area (Å²) >= 11 is 0. The summed E-state index contributed by atoms with van der Waals surface area (Å²) in [5, 5.41) is 22.1. The number of hydrogen-bond donors (Lipinski definition) is 1. The second-order valence-corrected chi connectivity index (χ2v) is 6.93. The summed E-state index contributed by atoms with van der Waals surface area (Å²) in [6.07, 6.45) is 1.48. The Morgan fingerprint density at radius 1 is 1.06 bits per heavy atom. The van der Waals surface area contributed by atoms with Crippen molar-refractivity contribution in [2.24, 2.45) is 0 Å². The molecule has 1 amide bonds. The molecule has 1 aliphatic heterocycles. The molecule has 0 saturated carbocycles. The number of ether oxygens (including phenoxy) is 1. The summed E-state index contributed by atoms with van der Waals surface area (Å²) < 4.78 is 5.12. The van der Waals surface area contributed by atoms with Gasteiger partial charge in [0.15, 0.2) is 0 Å². The number of carbonyl (C=O) groups excluding carboxylic acids is 2. The third-order valence-corrected chi connectivity index (χ3v) is 5.12. The number of carbonyl (C=O) groups is 2. The van der Waals surface area contributed by atoms with E-state index in [0.717, 1.165) is 0 Å². The molecule has 9 nitrogen and oxygen atoms in total. The highest BCUT2D eigenvalue weighted by molar-refractivity contribution is 6.51. The van der Waals surface area contributed by atoms with E-state index in [1.165, 1.54) is 42.5 Å². The fourth-order valence-corrected chi connectivity index (χ4v) is 3.56. The van der Waals surface area contributed by atoms with Crippen LogP contribution in [-0.2, 0) is 9.59 Å². The van der Waals surface area contributed by atoms with Gasteiger partial charge in [-0.2, -0.15) is 0 Å². The largest absolute Gasteiger partial charge is 0.507 e. The van der Waals surface area contributed by atoms with E-state index in [2.05, 4.69) is 4.98 Å². The van der Waals surface area contributed by atoms with E-state index in [1.807, 2.05) is 0 Å². The van der Waals surface area contributed by atoms with Crippen LogP contribution in [0.25, 0.3) is 5.76 Å². The van der Waals surface area contributed by atoms with E-state index in [-0.39, 0.29) is 22.8 Å². The molecule has 0 aliphatic carbocycles. The van der Waals surface area contributed by atoms with Crippen LogP contribution in [0.3, 0.4) is 0 Å². The van der Waals surface area contributed by atoms with Crippen molar-refractivity contribution in [3.05, 3.63) is 99.7 Å². The number of benzene rings is 2. The van der Waals surface area contributed by atoms with Crippen LogP contribution < -0.4 is 9.64 Å². The average Bonchev–Trinajstić information content (AvgIpc) is 3.09. The Morgan fingerprint density at radius 3 is 2.31 bits per heavy atom. The molecule has 1 aliphatic rings. The minimum Gasteiger partial charge on any atom is -0.507 e. The van der Waals surface area contributed by atoms with Crippen LogP contribution in [0.1, 0.15) is 17.2 Å². The molecule has 0 radical (unpaired) electrons. The lowest BCUT2D eigenvalue weighted by molar-refractivity contribution is -0.384. The van der Waals surface area contributed by atoms with Gasteiger partial charge in [0.2, 0.25) is 0 Å². The molecule has 1 atom stereocenters. The summed E-state index contributed by atoms with van der Waals surface area (Å²) in [4.78, 5) is 41.9. The minimum atomic E-state index is -1.02. The van der Waals surface area contributed by atoms with Gasteiger partial charge in [-0.05, 0) is 54.1 Å². The van der Waals surface area contributed by atoms with E-state index in [4.69, 9.17) is 4.74 Å². The molecule has 0 bridgehead atoms. The molecule has 9 heteroatoms. The van der Waals surface area contributed by atoms with Gasteiger partial charge < -0.3 is 9.84 Å². The Bertz CT molecular complexity index is 1220. The Labute approximate surface area is 182 Å². The highest BCUT2D eigenvalue weighted by atomic mass is 16.6. The maximum absolute atomic E-state index is 13.0. The van der Waals surface area contributed by atoms with Crippen LogP contribution in [-0.4, -0.2) is 33.8 Å². The Hall–Kier alpha value is -4.53. The number of nitrogens with zero attached hydrogens (tertiary/aromatic N) is 3. The van der Waals surface area contributed by atoms with E-state index in [9.17, 15) is 24.8 Å². The number of Topliss-reactive ketones (excluding diaryl/α,β-unsaturated/α-hetero) is 1. The van der Waals surface area contributed by atoms with E-state index in [1.54, 1.807) is 42.5 Å². The lowest BCUT2D eigenvalue weighted by Crippen LogP contribution is -2.30. The zero-order valence-electron chi connectivity index (χ0n) is 16.8. The van der Waals surface area contributed by atoms with Crippen molar-refractivity contribution in [3.63, 3.8) is 0 Å². The van der Waals surface area contributed by atoms with Crippen molar-refractivity contribution in [3.8, 4) is 5.75 Å². The highest BCUT2D eigenvalue weighted by Crippen LogP contribution is 2.41. The van der Waals surface area contributed by atoms with Crippen LogP contribution in [0.15, 0.2) is 78.5 Å². The van der Waals surface area contributed by atoms with Crippen molar-refractivity contribution in [2.75, 3.05) is 12.0 Å². The molecule has 1 N–H and O–H groups in total. The molecule has 160 valence electrons. The summed E-state index contributed by atoms with van der Waals surface area (Å²) in [6, 6.07) is 15.7. The summed E-state index contributed by atoms with van der Waals surface area (Å²) in [7, 11) is 1.50. The lowest BCUT2D eigenvalue weighted by Gasteiger charge is -2.24. The zero-order chi connectivity index (χ0) is 22.8. The molecule has 32 heavy (non-hydrogen) atoms. The number of nitro groups is 1. The van der Waals surface area contributed by atoms with Gasteiger partial charge in [0.25, 0.3) is 11.5 Å². The monoisotopic (exact) mass is 431 g/mol. The quantitative estimate of drug-likeness (QED) is 0.215. The number of ketones is 1. The molecule has 2 heterocycles. The molecule has 1 fully saturated rings. The molecule has 0 spiro atoms. The molecule has 3 aromatic rings. The lowest BCUT2D eigenvalue weighted by atomic mass is 9.95. The normalized spacial score (nSPS) is 17.4. The first-order valence-corrected chi connectivity index (χ1v) is 9.53. The van der Waals surface area contributed by atoms with Crippen molar-refractivity contribution >= 4 is 29.0 Å². The summed E-state index contributed by atoms with van der Waals surface area (Å²) in [5.74, 6) is -1.34. The van der Waals surface area contributed by atoms with E-state index < -0.39 is 22.7 Å². The fourth-order valence-electron chi connectivity index (χ4n) is 3.56. The van der Waals surface area contributed by atoms with Crippen molar-refractivity contribution in [1.82, 2.24) is 4.98 Å². The topological polar surface area (TPSA) is 123 Å². The maximum Gasteiger partial charge on any atom is 0.301 e. The summed E-state index contributed by atoms with van der Waals surface area (Å²) in [5.41, 5.74) is 0.450. The Balaban J connectivity index is 1.90. The van der Waals surface area contributed by atoms with Gasteiger partial charge in [0.1, 0.15) is 17.3 Å². The van der Waals surface area contributed by atoms with Gasteiger partial charge in [-0.3, -0.25) is 24.6 Å². The van der Waals surface area contributed by atoms with Crippen LogP contribution in [0.4, 0.5) is 11.5 Å². The smallest absolute Gasteiger partial charge is 0.301 e. The third kappa shape index (κ3) is 3.56. The van der Waals surface area contributed by atoms with Crippen LogP contribution >= 0.6 is 0 Å². The molecule has 4 rings (SSSR count). The number of aromatic nitrogens is 1. The number of aliphatic hydroxyl groups is 1. The van der Waals surface area contributed by atoms with Crippen molar-refractivity contribution < 1.29 is 24.4 Å². The Morgan fingerprint density at radius 2 is 1.75 bits per heavy atom. The average molecular weight is 431 g/mol. The van der Waals surface area contributed by atoms with Gasteiger partial charge in [-0.15, -0.1) is 0 Å². The number of anilines is 1. The molecule has 1 saturated heterocycles. The van der Waals surface area contributed by atoms with Crippen LogP contribution in [0.2, 0.25) is 0 Å². The van der Waals surface area contributed by atoms with Crippen LogP contribution in [0.5, 0.6) is 5.75 Å². The van der Waals surface area contributed by atoms with E-state index in [0.29, 0.717) is 16.9 Å². The molecule has 1 aromatic heterocycles. The first kappa shape index (κ1) is 20.7. The standard InChI is InChI=1S/C23H17N3O6/c1-32-17-11-7-15(8-12-17)21(27)19-20(14-5-9-16(10-6-14)26(30)31)25(23(29)22(19)28)18-4-2-3-13-24-18/h2-13,20,27H,1H3. The van der Waals surface area contributed by atoms with Gasteiger partial charge >= 0.3 is 5.91 Å². The number of aliphatic hydroxyl groups excluding tert-OH is 1. The first-order chi connectivity index (χ1) is 15.4. The number of hydrogen-bond acceptors (Lipinski definition) is 7. The first-order valence-electron chi connectivity index (χ1n) is 9.53. The SMILES string of the molecule is COc1ccc(C(O)=C2C(=O)C(=O)N(c3ccccn3)C2c2ccc([N+](=O)[O-])cc2)cc1. The highest BCUT2D eigenvalue weighted by Gasteiger charge is 2.47. The maximum atomic E-state index is 13.0. The number of rotatable bonds is 5. The van der Waals surface area contributed by atoms with Crippen LogP contribution in [0, 0.1) is 10.1 Å². The second-order valence-electron chi connectivity index (χ2n) is 6.93. The van der Waals surface area contributed by atoms with E-state index >= 15 is 0 Å². The molecule has 1 unspecified atom stereocenters. The second kappa shape index (κ2) is 8.31. The fraction of sp³-hybridized carbons (Fsp3) is 0.0870. The minimum absolute atomic E-state index is 0.139. The third-order valence-electron chi connectivity index (χ3n) is 5.12. The summed E-state index contributed by atoms with van der Waals surface area (Å²) in [6.45, 7) is 0. The number of nitro benzene ring substituents is 1. The number of non-ortho nitro benzene ring substituents is 1. The van der Waals surface area contributed by atoms with Gasteiger partial charge in [-0.25, -0.2) is 4.98 Å². The predicted octanol–water partition coefficient (Wildman–Crippen LogP) is 3.62. The zero-order valence-corrected chi connectivity index (χ0v) is 16.8. The molecule has 2 aromatic carbocycles. The predicted molar refractivity (Wildman–Crippen MR) is 115 cm³/mol. The van der Waals surface area contributed by atoms with Gasteiger partial charge in [0.05, 0.1) is 23.6 Å². The Kier molecular flexibility index (Phi) is 5.38. The van der Waals surface area contributed by atoms with Gasteiger partial charge in [-0.1, -0.05) is 6.07 Å². The number of methoxy groups -OCH3 is 1. The molecular formula is C23H17N3O6. The molecular weight excluding hydrogens is 414 g/mol. The number of pyridine rings is 1. The van der Waals surface area contributed by atoms with Gasteiger partial charge in [0, 0.05) is 23.9 Å². The number of amides is 1. The van der Waals surface area contributed by atoms with Crippen molar-refractivity contribution in [1.29, 1.82) is 0 Å². The van der Waals surface area contributed by atoms with Crippen molar-refractivity contribution in [2.45, 2.75) is 6.04 Å².